The number of hydrogen-bond donors (Lipinski definition) is 2. The van der Waals surface area contributed by atoms with Gasteiger partial charge in [0.2, 0.25) is 0 Å². The molecule has 4 heteroatoms. The number of hydrogen-bond acceptors (Lipinski definition) is 3. The second-order valence-electron chi connectivity index (χ2n) is 3.84. The Morgan fingerprint density at radius 2 is 2.24 bits per heavy atom. The van der Waals surface area contributed by atoms with Crippen LogP contribution in [0.1, 0.15) is 5.56 Å². The summed E-state index contributed by atoms with van der Waals surface area (Å²) in [6.07, 6.45) is 0. The highest BCUT2D eigenvalue weighted by Gasteiger charge is 2.18. The van der Waals surface area contributed by atoms with Gasteiger partial charge in [0.05, 0.1) is 13.2 Å². The lowest BCUT2D eigenvalue weighted by atomic mass is 10.0. The number of benzene rings is 1. The van der Waals surface area contributed by atoms with Crippen molar-refractivity contribution in [2.24, 2.45) is 5.92 Å². The van der Waals surface area contributed by atoms with Crippen LogP contribution in [0, 0.1) is 12.8 Å². The van der Waals surface area contributed by atoms with E-state index in [1.807, 2.05) is 25.1 Å². The van der Waals surface area contributed by atoms with Gasteiger partial charge in [-0.3, -0.25) is 0 Å². The minimum absolute atomic E-state index is 0.0415. The minimum Gasteiger partial charge on any atom is -0.493 e. The topological polar surface area (TPSA) is 66.8 Å². The van der Waals surface area contributed by atoms with Crippen molar-refractivity contribution in [3.8, 4) is 5.75 Å². The van der Waals surface area contributed by atoms with Gasteiger partial charge in [-0.1, -0.05) is 18.7 Å². The smallest absolute Gasteiger partial charge is 0.331 e. The van der Waals surface area contributed by atoms with Crippen LogP contribution in [0.15, 0.2) is 36.4 Å². The van der Waals surface area contributed by atoms with Crippen LogP contribution in [0.4, 0.5) is 0 Å². The highest BCUT2D eigenvalue weighted by molar-refractivity contribution is 5.86. The van der Waals surface area contributed by atoms with Gasteiger partial charge in [-0.25, -0.2) is 4.79 Å². The molecule has 92 valence electrons. The second-order valence-corrected chi connectivity index (χ2v) is 3.84. The second kappa shape index (κ2) is 6.06. The van der Waals surface area contributed by atoms with Crippen LogP contribution in [-0.4, -0.2) is 29.4 Å². The van der Waals surface area contributed by atoms with Gasteiger partial charge in [0.15, 0.2) is 0 Å². The molecule has 2 N–H and O–H groups in total. The fourth-order valence-electron chi connectivity index (χ4n) is 1.34. The highest BCUT2D eigenvalue weighted by atomic mass is 16.5. The van der Waals surface area contributed by atoms with Gasteiger partial charge in [0, 0.05) is 11.5 Å². The first-order valence-electron chi connectivity index (χ1n) is 5.27. The van der Waals surface area contributed by atoms with Crippen LogP contribution in [-0.2, 0) is 4.79 Å². The first kappa shape index (κ1) is 13.3. The van der Waals surface area contributed by atoms with E-state index in [2.05, 4.69) is 6.58 Å². The van der Waals surface area contributed by atoms with Crippen molar-refractivity contribution in [3.63, 3.8) is 0 Å². The molecule has 0 saturated carbocycles. The first-order chi connectivity index (χ1) is 8.04. The molecule has 1 rings (SSSR count). The van der Waals surface area contributed by atoms with E-state index in [4.69, 9.17) is 14.9 Å². The van der Waals surface area contributed by atoms with Crippen molar-refractivity contribution in [3.05, 3.63) is 42.0 Å². The molecule has 0 aliphatic rings. The summed E-state index contributed by atoms with van der Waals surface area (Å²) in [5.41, 5.74) is 1.01. The summed E-state index contributed by atoms with van der Waals surface area (Å²) in [6, 6.07) is 7.42. The number of carboxylic acid groups (broad SMARTS) is 1. The predicted molar refractivity (Wildman–Crippen MR) is 64.0 cm³/mol. The lowest BCUT2D eigenvalue weighted by Crippen LogP contribution is -2.22. The molecule has 1 unspecified atom stereocenters. The number of aryl methyl sites for hydroxylation is 1. The Balaban J connectivity index is 2.59. The van der Waals surface area contributed by atoms with Crippen molar-refractivity contribution in [2.75, 3.05) is 13.2 Å². The van der Waals surface area contributed by atoms with Crippen molar-refractivity contribution < 1.29 is 19.7 Å². The van der Waals surface area contributed by atoms with Gasteiger partial charge in [-0.05, 0) is 24.6 Å². The lowest BCUT2D eigenvalue weighted by molar-refractivity contribution is -0.133. The van der Waals surface area contributed by atoms with Crippen LogP contribution in [0.25, 0.3) is 0 Å². The number of aliphatic hydroxyl groups is 1. The average molecular weight is 236 g/mol. The molecule has 0 aromatic heterocycles. The van der Waals surface area contributed by atoms with Crippen molar-refractivity contribution in [2.45, 2.75) is 6.92 Å². The maximum atomic E-state index is 10.7. The van der Waals surface area contributed by atoms with Gasteiger partial charge in [-0.15, -0.1) is 0 Å². The largest absolute Gasteiger partial charge is 0.493 e. The summed E-state index contributed by atoms with van der Waals surface area (Å²) in [4.78, 5) is 10.7. The summed E-state index contributed by atoms with van der Waals surface area (Å²) in [5, 5.41) is 17.8. The lowest BCUT2D eigenvalue weighted by Gasteiger charge is -2.15. The van der Waals surface area contributed by atoms with Crippen LogP contribution in [0.2, 0.25) is 0 Å². The summed E-state index contributed by atoms with van der Waals surface area (Å²) in [5.74, 6) is -1.05. The molecule has 1 aromatic rings. The van der Waals surface area contributed by atoms with E-state index in [1.165, 1.54) is 0 Å². The number of carboxylic acids is 1. The quantitative estimate of drug-likeness (QED) is 0.736. The molecular weight excluding hydrogens is 220 g/mol. The van der Waals surface area contributed by atoms with Crippen LogP contribution in [0.3, 0.4) is 0 Å². The van der Waals surface area contributed by atoms with Crippen LogP contribution >= 0.6 is 0 Å². The number of carbonyl (C=O) groups is 1. The molecule has 0 amide bonds. The predicted octanol–water partition coefficient (Wildman–Crippen LogP) is 1.62. The molecule has 0 fully saturated rings. The highest BCUT2D eigenvalue weighted by Crippen LogP contribution is 2.16. The SMILES string of the molecule is C=C(C(=O)O)C(CO)COc1cccc(C)c1. The van der Waals surface area contributed by atoms with Crippen LogP contribution < -0.4 is 4.74 Å². The summed E-state index contributed by atoms with van der Waals surface area (Å²) in [7, 11) is 0. The zero-order chi connectivity index (χ0) is 12.8. The molecule has 1 aromatic carbocycles. The van der Waals surface area contributed by atoms with E-state index in [9.17, 15) is 4.79 Å². The van der Waals surface area contributed by atoms with E-state index in [0.717, 1.165) is 5.56 Å². The molecule has 0 radical (unpaired) electrons. The fraction of sp³-hybridized carbons (Fsp3) is 0.308. The Hall–Kier alpha value is -1.81. The monoisotopic (exact) mass is 236 g/mol. The molecule has 0 heterocycles. The average Bonchev–Trinajstić information content (AvgIpc) is 2.29. The van der Waals surface area contributed by atoms with Gasteiger partial charge in [0.25, 0.3) is 0 Å². The molecule has 0 bridgehead atoms. The molecule has 0 aliphatic heterocycles. The Labute approximate surface area is 100 Å². The summed E-state index contributed by atoms with van der Waals surface area (Å²) in [6.45, 7) is 5.16. The van der Waals surface area contributed by atoms with Gasteiger partial charge in [-0.2, -0.15) is 0 Å². The standard InChI is InChI=1S/C13H16O4/c1-9-4-3-5-12(6-9)17-8-11(7-14)10(2)13(15)16/h3-6,11,14H,2,7-8H2,1H3,(H,15,16). The molecule has 17 heavy (non-hydrogen) atoms. The van der Waals surface area contributed by atoms with Gasteiger partial charge >= 0.3 is 5.97 Å². The molecular formula is C13H16O4. The number of ether oxygens (including phenoxy) is 1. The number of aliphatic hydroxyl groups excluding tert-OH is 1. The van der Waals surface area contributed by atoms with Crippen molar-refractivity contribution in [1.29, 1.82) is 0 Å². The maximum Gasteiger partial charge on any atom is 0.331 e. The zero-order valence-corrected chi connectivity index (χ0v) is 9.72. The maximum absolute atomic E-state index is 10.7. The van der Waals surface area contributed by atoms with Gasteiger partial charge < -0.3 is 14.9 Å². The third kappa shape index (κ3) is 3.92. The molecule has 0 spiro atoms. The van der Waals surface area contributed by atoms with E-state index in [1.54, 1.807) is 6.07 Å². The molecule has 0 aliphatic carbocycles. The normalized spacial score (nSPS) is 11.9. The molecule has 0 saturated heterocycles. The Morgan fingerprint density at radius 1 is 1.53 bits per heavy atom. The summed E-state index contributed by atoms with van der Waals surface area (Å²) < 4.78 is 5.43. The Morgan fingerprint density at radius 3 is 2.76 bits per heavy atom. The van der Waals surface area contributed by atoms with Crippen LogP contribution in [0.5, 0.6) is 5.75 Å². The third-order valence-corrected chi connectivity index (χ3v) is 2.43. The third-order valence-electron chi connectivity index (χ3n) is 2.43. The first-order valence-corrected chi connectivity index (χ1v) is 5.27. The van der Waals surface area contributed by atoms with E-state index < -0.39 is 11.9 Å². The van der Waals surface area contributed by atoms with E-state index in [-0.39, 0.29) is 18.8 Å². The molecule has 4 nitrogen and oxygen atoms in total. The van der Waals surface area contributed by atoms with E-state index in [0.29, 0.717) is 5.75 Å². The Bertz CT molecular complexity index is 412. The number of rotatable bonds is 6. The molecule has 1 atom stereocenters. The number of aliphatic carboxylic acids is 1. The van der Waals surface area contributed by atoms with E-state index >= 15 is 0 Å². The fourth-order valence-corrected chi connectivity index (χ4v) is 1.34. The van der Waals surface area contributed by atoms with Gasteiger partial charge in [0.1, 0.15) is 5.75 Å². The Kier molecular flexibility index (Phi) is 4.72. The minimum atomic E-state index is -1.11. The van der Waals surface area contributed by atoms with Crippen molar-refractivity contribution >= 4 is 5.97 Å². The summed E-state index contributed by atoms with van der Waals surface area (Å²) >= 11 is 0. The zero-order valence-electron chi connectivity index (χ0n) is 9.72. The van der Waals surface area contributed by atoms with Crippen molar-refractivity contribution in [1.82, 2.24) is 0 Å².